The van der Waals surface area contributed by atoms with E-state index in [0.717, 1.165) is 35.3 Å². The van der Waals surface area contributed by atoms with E-state index in [9.17, 15) is 9.59 Å². The number of thioether (sulfide) groups is 1. The Balaban J connectivity index is 1.48. The number of hydrogen-bond acceptors (Lipinski definition) is 3. The van der Waals surface area contributed by atoms with Crippen LogP contribution in [0.1, 0.15) is 48.3 Å². The maximum Gasteiger partial charge on any atom is 0.238 e. The summed E-state index contributed by atoms with van der Waals surface area (Å²) < 4.78 is 0. The Morgan fingerprint density at radius 2 is 1.69 bits per heavy atom. The summed E-state index contributed by atoms with van der Waals surface area (Å²) in [6, 6.07) is 25.9. The number of nitrogens with one attached hydrogen (secondary N) is 1. The first-order chi connectivity index (χ1) is 15.6. The van der Waals surface area contributed by atoms with Crippen LogP contribution < -0.4 is 10.2 Å². The number of anilines is 2. The molecular weight excluding hydrogens is 416 g/mol. The molecule has 0 saturated carbocycles. The third kappa shape index (κ3) is 4.73. The number of hydrogen-bond donors (Lipinski definition) is 1. The second-order valence-electron chi connectivity index (χ2n) is 7.93. The van der Waals surface area contributed by atoms with Crippen molar-refractivity contribution in [3.05, 3.63) is 95.6 Å². The lowest BCUT2D eigenvalue weighted by Gasteiger charge is -2.25. The third-order valence-corrected chi connectivity index (χ3v) is 7.09. The summed E-state index contributed by atoms with van der Waals surface area (Å²) >= 11 is 1.63. The topological polar surface area (TPSA) is 49.4 Å². The molecule has 0 radical (unpaired) electrons. The first-order valence-electron chi connectivity index (χ1n) is 11.1. The van der Waals surface area contributed by atoms with Gasteiger partial charge in [-0.3, -0.25) is 14.5 Å². The zero-order chi connectivity index (χ0) is 22.5. The Labute approximate surface area is 194 Å². The third-order valence-electron chi connectivity index (χ3n) is 5.88. The van der Waals surface area contributed by atoms with Crippen LogP contribution in [-0.2, 0) is 16.0 Å². The second kappa shape index (κ2) is 10.0. The SMILES string of the molecule is CCc1ccc(N2C(=O)CS[C@@H]2c2ccc(NC(=O)[C@@H](CC)c3ccccc3)cc2)cc1. The van der Waals surface area contributed by atoms with Crippen molar-refractivity contribution in [3.63, 3.8) is 0 Å². The molecule has 1 heterocycles. The average Bonchev–Trinajstić information content (AvgIpc) is 3.22. The Hall–Kier alpha value is -3.05. The van der Waals surface area contributed by atoms with Crippen molar-refractivity contribution in [1.29, 1.82) is 0 Å². The first kappa shape index (κ1) is 22.2. The van der Waals surface area contributed by atoms with E-state index in [4.69, 9.17) is 0 Å². The largest absolute Gasteiger partial charge is 0.326 e. The Morgan fingerprint density at radius 1 is 1.00 bits per heavy atom. The van der Waals surface area contributed by atoms with E-state index in [0.29, 0.717) is 5.75 Å². The van der Waals surface area contributed by atoms with Crippen LogP contribution in [0.25, 0.3) is 0 Å². The van der Waals surface area contributed by atoms with E-state index >= 15 is 0 Å². The van der Waals surface area contributed by atoms with Gasteiger partial charge in [0, 0.05) is 11.4 Å². The summed E-state index contributed by atoms with van der Waals surface area (Å²) in [5.74, 6) is 0.402. The van der Waals surface area contributed by atoms with Crippen LogP contribution in [-0.4, -0.2) is 17.6 Å². The van der Waals surface area contributed by atoms with Gasteiger partial charge in [-0.2, -0.15) is 0 Å². The van der Waals surface area contributed by atoms with Crippen molar-refractivity contribution in [2.45, 2.75) is 38.0 Å². The Bertz CT molecular complexity index is 1070. The lowest BCUT2D eigenvalue weighted by molar-refractivity contribution is -0.118. The van der Waals surface area contributed by atoms with E-state index in [-0.39, 0.29) is 23.1 Å². The summed E-state index contributed by atoms with van der Waals surface area (Å²) in [6.45, 7) is 4.15. The van der Waals surface area contributed by atoms with Gasteiger partial charge in [0.15, 0.2) is 0 Å². The molecule has 3 aromatic rings. The highest BCUT2D eigenvalue weighted by molar-refractivity contribution is 8.00. The van der Waals surface area contributed by atoms with E-state index < -0.39 is 0 Å². The highest BCUT2D eigenvalue weighted by Crippen LogP contribution is 2.42. The van der Waals surface area contributed by atoms with Crippen molar-refractivity contribution < 1.29 is 9.59 Å². The van der Waals surface area contributed by atoms with Crippen LogP contribution in [0, 0.1) is 0 Å². The quantitative estimate of drug-likeness (QED) is 0.475. The zero-order valence-electron chi connectivity index (χ0n) is 18.5. The second-order valence-corrected chi connectivity index (χ2v) is 9.00. The normalized spacial score (nSPS) is 16.8. The molecule has 4 rings (SSSR count). The Morgan fingerprint density at radius 3 is 2.31 bits per heavy atom. The molecule has 1 N–H and O–H groups in total. The van der Waals surface area contributed by atoms with Gasteiger partial charge in [0.2, 0.25) is 11.8 Å². The molecule has 4 nitrogen and oxygen atoms in total. The summed E-state index contributed by atoms with van der Waals surface area (Å²) in [7, 11) is 0. The van der Waals surface area contributed by atoms with Gasteiger partial charge in [-0.05, 0) is 53.8 Å². The maximum absolute atomic E-state index is 12.8. The molecule has 2 atom stereocenters. The molecule has 5 heteroatoms. The number of amides is 2. The van der Waals surface area contributed by atoms with Gasteiger partial charge in [0.25, 0.3) is 0 Å². The summed E-state index contributed by atoms with van der Waals surface area (Å²) in [5, 5.41) is 2.98. The number of nitrogens with zero attached hydrogens (tertiary/aromatic N) is 1. The number of carbonyl (C=O) groups excluding carboxylic acids is 2. The van der Waals surface area contributed by atoms with Crippen LogP contribution in [0.5, 0.6) is 0 Å². The molecule has 0 aromatic heterocycles. The molecule has 0 bridgehead atoms. The van der Waals surface area contributed by atoms with E-state index in [1.165, 1.54) is 5.56 Å². The van der Waals surface area contributed by atoms with Gasteiger partial charge < -0.3 is 5.32 Å². The molecular formula is C27H28N2O2S. The minimum absolute atomic E-state index is 0.00508. The fraction of sp³-hybridized carbons (Fsp3) is 0.259. The predicted molar refractivity (Wildman–Crippen MR) is 133 cm³/mol. The monoisotopic (exact) mass is 444 g/mol. The number of carbonyl (C=O) groups is 2. The molecule has 3 aromatic carbocycles. The number of aryl methyl sites for hydroxylation is 1. The lowest BCUT2D eigenvalue weighted by Crippen LogP contribution is -2.27. The van der Waals surface area contributed by atoms with E-state index in [2.05, 4.69) is 24.4 Å². The molecule has 1 fully saturated rings. The minimum atomic E-state index is -0.180. The van der Waals surface area contributed by atoms with Crippen LogP contribution in [0.2, 0.25) is 0 Å². The average molecular weight is 445 g/mol. The van der Waals surface area contributed by atoms with Gasteiger partial charge in [-0.1, -0.05) is 68.4 Å². The smallest absolute Gasteiger partial charge is 0.238 e. The molecule has 1 saturated heterocycles. The fourth-order valence-electron chi connectivity index (χ4n) is 4.06. The van der Waals surface area contributed by atoms with Crippen molar-refractivity contribution in [2.24, 2.45) is 0 Å². The van der Waals surface area contributed by atoms with Crippen molar-refractivity contribution >= 4 is 35.0 Å². The molecule has 0 aliphatic carbocycles. The van der Waals surface area contributed by atoms with Crippen LogP contribution in [0.15, 0.2) is 78.9 Å². The lowest BCUT2D eigenvalue weighted by atomic mass is 9.95. The van der Waals surface area contributed by atoms with Crippen LogP contribution >= 0.6 is 11.8 Å². The van der Waals surface area contributed by atoms with Gasteiger partial charge in [0.05, 0.1) is 11.7 Å². The first-order valence-corrected chi connectivity index (χ1v) is 12.1. The molecule has 1 aliphatic rings. The molecule has 0 unspecified atom stereocenters. The summed E-state index contributed by atoms with van der Waals surface area (Å²) in [6.07, 6.45) is 1.71. The maximum atomic E-state index is 12.8. The Kier molecular flexibility index (Phi) is 6.96. The summed E-state index contributed by atoms with van der Waals surface area (Å²) in [5.41, 5.74) is 5.02. The standard InChI is InChI=1S/C27H28N2O2S/c1-3-19-10-16-23(17-11-19)29-25(30)18-32-27(29)21-12-14-22(15-13-21)28-26(31)24(4-2)20-8-6-5-7-9-20/h5-17,24,27H,3-4,18H2,1-2H3,(H,28,31)/t24-,27+/m0/s1. The van der Waals surface area contributed by atoms with E-state index in [1.807, 2.05) is 78.6 Å². The zero-order valence-corrected chi connectivity index (χ0v) is 19.3. The van der Waals surface area contributed by atoms with Gasteiger partial charge in [-0.15, -0.1) is 11.8 Å². The molecule has 1 aliphatic heterocycles. The molecule has 2 amide bonds. The number of benzene rings is 3. The van der Waals surface area contributed by atoms with Gasteiger partial charge in [0.1, 0.15) is 5.37 Å². The van der Waals surface area contributed by atoms with Crippen LogP contribution in [0.4, 0.5) is 11.4 Å². The van der Waals surface area contributed by atoms with Crippen molar-refractivity contribution in [3.8, 4) is 0 Å². The van der Waals surface area contributed by atoms with Gasteiger partial charge >= 0.3 is 0 Å². The van der Waals surface area contributed by atoms with Crippen molar-refractivity contribution in [1.82, 2.24) is 0 Å². The van der Waals surface area contributed by atoms with Crippen LogP contribution in [0.3, 0.4) is 0 Å². The number of rotatable bonds is 7. The molecule has 0 spiro atoms. The molecule has 164 valence electrons. The molecule has 32 heavy (non-hydrogen) atoms. The highest BCUT2D eigenvalue weighted by atomic mass is 32.2. The fourth-order valence-corrected chi connectivity index (χ4v) is 5.24. The predicted octanol–water partition coefficient (Wildman–Crippen LogP) is 6.16. The van der Waals surface area contributed by atoms with Gasteiger partial charge in [-0.25, -0.2) is 0 Å². The minimum Gasteiger partial charge on any atom is -0.326 e. The highest BCUT2D eigenvalue weighted by Gasteiger charge is 2.34. The van der Waals surface area contributed by atoms with E-state index in [1.54, 1.807) is 11.8 Å². The summed E-state index contributed by atoms with van der Waals surface area (Å²) in [4.78, 5) is 27.3. The van der Waals surface area contributed by atoms with Crippen molar-refractivity contribution in [2.75, 3.05) is 16.0 Å².